The smallest absolute Gasteiger partial charge is 0.241 e. The molecule has 2 rings (SSSR count). The van der Waals surface area contributed by atoms with Crippen molar-refractivity contribution in [3.8, 4) is 0 Å². The summed E-state index contributed by atoms with van der Waals surface area (Å²) in [5, 5.41) is 5.67. The number of hydrogen-bond donors (Lipinski definition) is 2. The lowest BCUT2D eigenvalue weighted by atomic mass is 10.2. The summed E-state index contributed by atoms with van der Waals surface area (Å²) in [5.74, 6) is -0.214. The minimum absolute atomic E-state index is 0.0233. The van der Waals surface area contributed by atoms with Crippen LogP contribution in [-0.4, -0.2) is 66.9 Å². The van der Waals surface area contributed by atoms with Crippen molar-refractivity contribution >= 4 is 29.1 Å². The lowest BCUT2D eigenvalue weighted by Crippen LogP contribution is -2.54. The number of carbonyl (C=O) groups is 2. The van der Waals surface area contributed by atoms with Gasteiger partial charge in [0.05, 0.1) is 17.6 Å². The first kappa shape index (κ1) is 21.6. The van der Waals surface area contributed by atoms with Gasteiger partial charge < -0.3 is 10.6 Å². The first-order chi connectivity index (χ1) is 12.8. The number of nitrogens with zero attached hydrogens (tertiary/aromatic N) is 2. The Labute approximate surface area is 165 Å². The molecule has 27 heavy (non-hydrogen) atoms. The van der Waals surface area contributed by atoms with E-state index in [4.69, 9.17) is 11.6 Å². The third-order valence-corrected chi connectivity index (χ3v) is 4.89. The zero-order valence-corrected chi connectivity index (χ0v) is 16.9. The summed E-state index contributed by atoms with van der Waals surface area (Å²) in [5.41, 5.74) is 0.471. The molecule has 8 heteroatoms. The topological polar surface area (TPSA) is 64.7 Å². The fraction of sp³-hybridized carbons (Fsp3) is 0.579. The number of piperazine rings is 1. The maximum Gasteiger partial charge on any atom is 0.241 e. The fourth-order valence-electron chi connectivity index (χ4n) is 2.87. The number of halogens is 2. The Morgan fingerprint density at radius 3 is 2.44 bits per heavy atom. The summed E-state index contributed by atoms with van der Waals surface area (Å²) in [6.07, 6.45) is 0. The Morgan fingerprint density at radius 1 is 1.19 bits per heavy atom. The van der Waals surface area contributed by atoms with Crippen molar-refractivity contribution in [2.75, 3.05) is 44.6 Å². The quantitative estimate of drug-likeness (QED) is 0.739. The van der Waals surface area contributed by atoms with Crippen molar-refractivity contribution in [1.82, 2.24) is 15.1 Å². The summed E-state index contributed by atoms with van der Waals surface area (Å²) < 4.78 is 13.2. The molecule has 6 nitrogen and oxygen atoms in total. The molecule has 0 spiro atoms. The second kappa shape index (κ2) is 10.0. The van der Waals surface area contributed by atoms with Crippen LogP contribution in [-0.2, 0) is 9.59 Å². The first-order valence-corrected chi connectivity index (χ1v) is 9.63. The number of rotatable bonds is 7. The summed E-state index contributed by atoms with van der Waals surface area (Å²) >= 11 is 5.75. The molecular formula is C19H28ClFN4O2. The Hall–Kier alpha value is -1.70. The molecule has 0 aromatic heterocycles. The van der Waals surface area contributed by atoms with E-state index in [1.165, 1.54) is 18.2 Å². The minimum atomic E-state index is -0.517. The molecule has 1 atom stereocenters. The van der Waals surface area contributed by atoms with Gasteiger partial charge in [0.25, 0.3) is 0 Å². The third kappa shape index (κ3) is 6.75. The van der Waals surface area contributed by atoms with E-state index in [0.717, 1.165) is 13.1 Å². The third-order valence-electron chi connectivity index (χ3n) is 4.60. The zero-order valence-electron chi connectivity index (χ0n) is 16.1. The maximum atomic E-state index is 13.2. The predicted octanol–water partition coefficient (Wildman–Crippen LogP) is 2.20. The van der Waals surface area contributed by atoms with Gasteiger partial charge in [-0.15, -0.1) is 0 Å². The van der Waals surface area contributed by atoms with Crippen LogP contribution in [0.15, 0.2) is 18.2 Å². The second-order valence-electron chi connectivity index (χ2n) is 7.30. The molecule has 2 N–H and O–H groups in total. The van der Waals surface area contributed by atoms with Gasteiger partial charge >= 0.3 is 0 Å². The molecule has 1 aromatic carbocycles. The molecule has 1 heterocycles. The van der Waals surface area contributed by atoms with E-state index in [1.807, 2.05) is 6.92 Å². The second-order valence-corrected chi connectivity index (χ2v) is 7.71. The highest BCUT2D eigenvalue weighted by Crippen LogP contribution is 2.20. The van der Waals surface area contributed by atoms with E-state index < -0.39 is 5.82 Å². The molecule has 2 amide bonds. The van der Waals surface area contributed by atoms with Gasteiger partial charge in [0.2, 0.25) is 11.8 Å². The van der Waals surface area contributed by atoms with Crippen LogP contribution in [0.5, 0.6) is 0 Å². The van der Waals surface area contributed by atoms with E-state index in [-0.39, 0.29) is 22.9 Å². The minimum Gasteiger partial charge on any atom is -0.355 e. The van der Waals surface area contributed by atoms with Crippen molar-refractivity contribution in [2.24, 2.45) is 5.92 Å². The molecule has 1 aliphatic heterocycles. The first-order valence-electron chi connectivity index (χ1n) is 9.25. The molecule has 0 bridgehead atoms. The summed E-state index contributed by atoms with van der Waals surface area (Å²) in [7, 11) is 0. The average Bonchev–Trinajstić information content (AvgIpc) is 2.63. The number of benzene rings is 1. The summed E-state index contributed by atoms with van der Waals surface area (Å²) in [6, 6.07) is 3.78. The lowest BCUT2D eigenvalue weighted by Gasteiger charge is -2.37. The number of carbonyl (C=O) groups excluding carboxylic acids is 2. The SMILES string of the molecule is CC(C)CNC(=O)CN1CCN(C(C)C(=O)Nc2ccc(F)c(Cl)c2)CC1. The number of amides is 2. The molecule has 1 aliphatic rings. The van der Waals surface area contributed by atoms with E-state index in [2.05, 4.69) is 34.3 Å². The van der Waals surface area contributed by atoms with Gasteiger partial charge in [-0.3, -0.25) is 19.4 Å². The zero-order chi connectivity index (χ0) is 20.0. The van der Waals surface area contributed by atoms with Gasteiger partial charge in [0.1, 0.15) is 5.82 Å². The van der Waals surface area contributed by atoms with Crippen LogP contribution in [0.4, 0.5) is 10.1 Å². The monoisotopic (exact) mass is 398 g/mol. The van der Waals surface area contributed by atoms with Crippen molar-refractivity contribution in [3.63, 3.8) is 0 Å². The van der Waals surface area contributed by atoms with Crippen LogP contribution in [0, 0.1) is 11.7 Å². The Bertz CT molecular complexity index is 663. The van der Waals surface area contributed by atoms with Crippen LogP contribution in [0.1, 0.15) is 20.8 Å². The normalized spacial score (nSPS) is 17.0. The van der Waals surface area contributed by atoms with Gasteiger partial charge in [-0.05, 0) is 31.0 Å². The molecular weight excluding hydrogens is 371 g/mol. The maximum absolute atomic E-state index is 13.2. The summed E-state index contributed by atoms with van der Waals surface area (Å²) in [6.45, 7) is 9.90. The van der Waals surface area contributed by atoms with Crippen molar-refractivity contribution in [1.29, 1.82) is 0 Å². The van der Waals surface area contributed by atoms with Crippen LogP contribution >= 0.6 is 11.6 Å². The van der Waals surface area contributed by atoms with E-state index >= 15 is 0 Å². The van der Waals surface area contributed by atoms with Crippen LogP contribution < -0.4 is 10.6 Å². The van der Waals surface area contributed by atoms with Crippen molar-refractivity contribution < 1.29 is 14.0 Å². The van der Waals surface area contributed by atoms with Crippen LogP contribution in [0.3, 0.4) is 0 Å². The number of anilines is 1. The molecule has 1 fully saturated rings. The van der Waals surface area contributed by atoms with Gasteiger partial charge in [-0.2, -0.15) is 0 Å². The van der Waals surface area contributed by atoms with Gasteiger partial charge in [-0.1, -0.05) is 25.4 Å². The van der Waals surface area contributed by atoms with Gasteiger partial charge in [0.15, 0.2) is 0 Å². The number of nitrogens with one attached hydrogen (secondary N) is 2. The molecule has 1 unspecified atom stereocenters. The molecule has 0 aliphatic carbocycles. The molecule has 0 saturated carbocycles. The fourth-order valence-corrected chi connectivity index (χ4v) is 3.05. The molecule has 150 valence electrons. The van der Waals surface area contributed by atoms with E-state index in [1.54, 1.807) is 0 Å². The number of hydrogen-bond acceptors (Lipinski definition) is 4. The lowest BCUT2D eigenvalue weighted by molar-refractivity contribution is -0.124. The average molecular weight is 399 g/mol. The van der Waals surface area contributed by atoms with Gasteiger partial charge in [-0.25, -0.2) is 4.39 Å². The largest absolute Gasteiger partial charge is 0.355 e. The van der Waals surface area contributed by atoms with Crippen LogP contribution in [0.25, 0.3) is 0 Å². The van der Waals surface area contributed by atoms with E-state index in [9.17, 15) is 14.0 Å². The van der Waals surface area contributed by atoms with E-state index in [0.29, 0.717) is 37.8 Å². The Morgan fingerprint density at radius 2 is 1.85 bits per heavy atom. The Balaban J connectivity index is 1.78. The van der Waals surface area contributed by atoms with Crippen LogP contribution in [0.2, 0.25) is 5.02 Å². The molecule has 0 radical (unpaired) electrons. The highest BCUT2D eigenvalue weighted by molar-refractivity contribution is 6.31. The standard InChI is InChI=1S/C19H28ClFN4O2/c1-13(2)11-22-18(26)12-24-6-8-25(9-7-24)14(3)19(27)23-15-4-5-17(21)16(20)10-15/h4-5,10,13-14H,6-9,11-12H2,1-3H3,(H,22,26)(H,23,27). The van der Waals surface area contributed by atoms with Crippen molar-refractivity contribution in [2.45, 2.75) is 26.8 Å². The molecule has 1 saturated heterocycles. The van der Waals surface area contributed by atoms with Gasteiger partial charge in [0, 0.05) is 38.4 Å². The molecule has 1 aromatic rings. The Kier molecular flexibility index (Phi) is 8.01. The highest BCUT2D eigenvalue weighted by Gasteiger charge is 2.26. The predicted molar refractivity (Wildman–Crippen MR) is 105 cm³/mol. The summed E-state index contributed by atoms with van der Waals surface area (Å²) in [4.78, 5) is 28.5. The highest BCUT2D eigenvalue weighted by atomic mass is 35.5. The van der Waals surface area contributed by atoms with Crippen molar-refractivity contribution in [3.05, 3.63) is 29.0 Å².